The molecule has 2 aliphatic heterocycles. The van der Waals surface area contributed by atoms with Gasteiger partial charge in [0.1, 0.15) is 11.4 Å². The summed E-state index contributed by atoms with van der Waals surface area (Å²) in [5.41, 5.74) is 6.63. The Morgan fingerprint density at radius 1 is 1.31 bits per heavy atom. The number of carbonyl (C=O) groups is 2. The third-order valence-electron chi connectivity index (χ3n) is 8.33. The molecular formula is C28H42N4O4. The van der Waals surface area contributed by atoms with Gasteiger partial charge in [0.2, 0.25) is 11.8 Å². The van der Waals surface area contributed by atoms with Crippen LogP contribution in [0.25, 0.3) is 0 Å². The van der Waals surface area contributed by atoms with Crippen LogP contribution in [0.2, 0.25) is 0 Å². The molecule has 0 bridgehead atoms. The van der Waals surface area contributed by atoms with E-state index in [4.69, 9.17) is 20.2 Å². The third kappa shape index (κ3) is 5.24. The van der Waals surface area contributed by atoms with Gasteiger partial charge in [0.25, 0.3) is 0 Å². The van der Waals surface area contributed by atoms with Crippen molar-refractivity contribution in [2.45, 2.75) is 102 Å². The maximum Gasteiger partial charge on any atom is 0.231 e. The SMILES string of the molecule is CCC1(CC)CC(=O)N(C(CC(C)OC)[C@H]2C[C@@H]2C(=O)N[C@H]2CC(C)(C)Oc3ccccc32)C(N)=N1. The zero-order valence-electron chi connectivity index (χ0n) is 22.5. The molecule has 0 spiro atoms. The first kappa shape index (κ1) is 26.5. The maximum atomic E-state index is 13.5. The number of ether oxygens (including phenoxy) is 2. The summed E-state index contributed by atoms with van der Waals surface area (Å²) in [7, 11) is 1.66. The highest BCUT2D eigenvalue weighted by molar-refractivity contribution is 5.99. The van der Waals surface area contributed by atoms with Crippen molar-refractivity contribution in [3.63, 3.8) is 0 Å². The summed E-state index contributed by atoms with van der Waals surface area (Å²) in [6, 6.07) is 7.54. The van der Waals surface area contributed by atoms with E-state index >= 15 is 0 Å². The average molecular weight is 499 g/mol. The lowest BCUT2D eigenvalue weighted by Crippen LogP contribution is -2.56. The molecule has 4 rings (SSSR count). The molecular weight excluding hydrogens is 456 g/mol. The van der Waals surface area contributed by atoms with Crippen LogP contribution in [0.1, 0.15) is 84.7 Å². The number of nitrogens with one attached hydrogen (secondary N) is 1. The number of nitrogens with two attached hydrogens (primary N) is 1. The number of carbonyl (C=O) groups excluding carboxylic acids is 2. The van der Waals surface area contributed by atoms with E-state index in [2.05, 4.69) is 5.32 Å². The Bertz CT molecular complexity index is 1020. The minimum Gasteiger partial charge on any atom is -0.487 e. The molecule has 3 aliphatic rings. The number of hydrogen-bond donors (Lipinski definition) is 2. The van der Waals surface area contributed by atoms with Gasteiger partial charge < -0.3 is 20.5 Å². The second-order valence-corrected chi connectivity index (χ2v) is 11.4. The summed E-state index contributed by atoms with van der Waals surface area (Å²) < 4.78 is 11.7. The quantitative estimate of drug-likeness (QED) is 0.536. The molecule has 1 saturated carbocycles. The Labute approximate surface area is 215 Å². The number of rotatable bonds is 9. The van der Waals surface area contributed by atoms with Gasteiger partial charge in [-0.2, -0.15) is 0 Å². The van der Waals surface area contributed by atoms with Crippen LogP contribution in [0, 0.1) is 11.8 Å². The van der Waals surface area contributed by atoms with Crippen molar-refractivity contribution in [2.24, 2.45) is 22.6 Å². The number of benzene rings is 1. The molecule has 8 heteroatoms. The first-order valence-corrected chi connectivity index (χ1v) is 13.3. The number of para-hydroxylation sites is 1. The van der Waals surface area contributed by atoms with Crippen LogP contribution in [0.4, 0.5) is 0 Å². The van der Waals surface area contributed by atoms with Gasteiger partial charge in [-0.25, -0.2) is 4.99 Å². The molecule has 2 heterocycles. The molecule has 2 amide bonds. The van der Waals surface area contributed by atoms with Crippen molar-refractivity contribution in [1.29, 1.82) is 0 Å². The minimum atomic E-state index is -0.432. The normalized spacial score (nSPS) is 27.8. The number of fused-ring (bicyclic) bond motifs is 1. The fraction of sp³-hybridized carbons (Fsp3) is 0.679. The predicted octanol–water partition coefficient (Wildman–Crippen LogP) is 3.94. The molecule has 1 aromatic carbocycles. The van der Waals surface area contributed by atoms with Gasteiger partial charge in [0.05, 0.1) is 24.1 Å². The minimum absolute atomic E-state index is 0.00864. The van der Waals surface area contributed by atoms with Crippen LogP contribution >= 0.6 is 0 Å². The molecule has 5 atom stereocenters. The molecule has 0 aromatic heterocycles. The molecule has 0 radical (unpaired) electrons. The van der Waals surface area contributed by atoms with Gasteiger partial charge in [0, 0.05) is 31.1 Å². The van der Waals surface area contributed by atoms with Crippen molar-refractivity contribution < 1.29 is 19.1 Å². The first-order chi connectivity index (χ1) is 17.0. The summed E-state index contributed by atoms with van der Waals surface area (Å²) >= 11 is 0. The van der Waals surface area contributed by atoms with E-state index in [-0.39, 0.29) is 53.4 Å². The number of guanidine groups is 1. The van der Waals surface area contributed by atoms with Crippen molar-refractivity contribution in [2.75, 3.05) is 7.11 Å². The molecule has 8 nitrogen and oxygen atoms in total. The van der Waals surface area contributed by atoms with Gasteiger partial charge in [-0.05, 0) is 58.4 Å². The fourth-order valence-corrected chi connectivity index (χ4v) is 5.90. The van der Waals surface area contributed by atoms with Gasteiger partial charge in [-0.1, -0.05) is 32.0 Å². The van der Waals surface area contributed by atoms with Gasteiger partial charge >= 0.3 is 0 Å². The third-order valence-corrected chi connectivity index (χ3v) is 8.33. The van der Waals surface area contributed by atoms with Crippen LogP contribution < -0.4 is 15.8 Å². The average Bonchev–Trinajstić information content (AvgIpc) is 3.63. The molecule has 1 fully saturated rings. The standard InChI is InChI=1S/C28H42N4O4/c1-7-28(8-2)16-24(33)32(26(29)31-28)22(13-17(3)35-6)19-14-20(19)25(34)30-21-15-27(4,5)36-23-12-10-9-11-18(21)23/h9-12,17,19-22H,7-8,13-16H2,1-6H3,(H2,29,31)(H,30,34)/t17?,19-,20-,21-,22?/m0/s1. The first-order valence-electron chi connectivity index (χ1n) is 13.3. The number of nitrogens with zero attached hydrogens (tertiary/aromatic N) is 2. The highest BCUT2D eigenvalue weighted by Gasteiger charge is 2.53. The van der Waals surface area contributed by atoms with Crippen LogP contribution in [0.5, 0.6) is 5.75 Å². The lowest BCUT2D eigenvalue weighted by Gasteiger charge is -2.41. The Morgan fingerprint density at radius 2 is 2.00 bits per heavy atom. The Morgan fingerprint density at radius 3 is 2.64 bits per heavy atom. The number of hydrogen-bond acceptors (Lipinski definition) is 6. The summed E-state index contributed by atoms with van der Waals surface area (Å²) in [5, 5.41) is 3.29. The highest BCUT2D eigenvalue weighted by Crippen LogP contribution is 2.47. The monoisotopic (exact) mass is 498 g/mol. The van der Waals surface area contributed by atoms with Gasteiger partial charge in [-0.3, -0.25) is 14.5 Å². The Balaban J connectivity index is 1.53. The predicted molar refractivity (Wildman–Crippen MR) is 140 cm³/mol. The summed E-state index contributed by atoms with van der Waals surface area (Å²) in [6.07, 6.45) is 3.80. The van der Waals surface area contributed by atoms with Crippen molar-refractivity contribution >= 4 is 17.8 Å². The lowest BCUT2D eigenvalue weighted by molar-refractivity contribution is -0.133. The van der Waals surface area contributed by atoms with E-state index in [9.17, 15) is 9.59 Å². The summed E-state index contributed by atoms with van der Waals surface area (Å²) in [6.45, 7) is 10.2. The molecule has 1 aromatic rings. The second kappa shape index (κ2) is 10.0. The zero-order chi connectivity index (χ0) is 26.3. The molecule has 198 valence electrons. The highest BCUT2D eigenvalue weighted by atomic mass is 16.5. The lowest BCUT2D eigenvalue weighted by atomic mass is 9.87. The number of amides is 2. The smallest absolute Gasteiger partial charge is 0.231 e. The summed E-state index contributed by atoms with van der Waals surface area (Å²) in [5.74, 6) is 0.932. The van der Waals surface area contributed by atoms with Gasteiger partial charge in [0.15, 0.2) is 5.96 Å². The van der Waals surface area contributed by atoms with Crippen LogP contribution in [-0.4, -0.2) is 53.1 Å². The van der Waals surface area contributed by atoms with Crippen LogP contribution in [-0.2, 0) is 14.3 Å². The van der Waals surface area contributed by atoms with E-state index in [1.54, 1.807) is 12.0 Å². The van der Waals surface area contributed by atoms with Crippen LogP contribution in [0.3, 0.4) is 0 Å². The topological polar surface area (TPSA) is 106 Å². The van der Waals surface area contributed by atoms with E-state index in [1.807, 2.05) is 58.9 Å². The largest absolute Gasteiger partial charge is 0.487 e. The second-order valence-electron chi connectivity index (χ2n) is 11.4. The molecule has 2 unspecified atom stereocenters. The van der Waals surface area contributed by atoms with E-state index in [0.29, 0.717) is 25.7 Å². The van der Waals surface area contributed by atoms with Gasteiger partial charge in [-0.15, -0.1) is 0 Å². The maximum absolute atomic E-state index is 13.5. The number of methoxy groups -OCH3 is 1. The van der Waals surface area contributed by atoms with Crippen molar-refractivity contribution in [3.8, 4) is 5.75 Å². The van der Waals surface area contributed by atoms with E-state index in [1.165, 1.54) is 0 Å². The number of aliphatic imine (C=N–C) groups is 1. The molecule has 0 saturated heterocycles. The zero-order valence-corrected chi connectivity index (χ0v) is 22.5. The van der Waals surface area contributed by atoms with E-state index in [0.717, 1.165) is 24.2 Å². The van der Waals surface area contributed by atoms with Crippen molar-refractivity contribution in [1.82, 2.24) is 10.2 Å². The Hall–Kier alpha value is -2.61. The molecule has 1 aliphatic carbocycles. The van der Waals surface area contributed by atoms with E-state index < -0.39 is 5.54 Å². The molecule has 3 N–H and O–H groups in total. The fourth-order valence-electron chi connectivity index (χ4n) is 5.90. The van der Waals surface area contributed by atoms with Crippen molar-refractivity contribution in [3.05, 3.63) is 29.8 Å². The van der Waals surface area contributed by atoms with Crippen LogP contribution in [0.15, 0.2) is 29.3 Å². The molecule has 36 heavy (non-hydrogen) atoms. The Kier molecular flexibility index (Phi) is 7.37. The summed E-state index contributed by atoms with van der Waals surface area (Å²) in [4.78, 5) is 33.3.